The standard InChI is InChI=1S/C26H25N5O19S6/c27-20-7-6-18-19(24(20)30-28-15-1-3-16(4-2-15)54(36,37)11-9-43-52-49-46-34)14-22(51-48-45-33)25(26(18)32)31-29-21-8-5-17(13-23(21)56(40,41)42)55(38,39)12-10-44-53-50-47-35/h1-8,13-14,32-35H,9-12,27H2,(H,40,41,42)/b30-28+,31-29+. The van der Waals surface area contributed by atoms with Crippen LogP contribution >= 0.6 is 36.7 Å². The van der Waals surface area contributed by atoms with Crippen LogP contribution in [0.5, 0.6) is 5.75 Å². The Labute approximate surface area is 328 Å². The number of hydrogen-bond acceptors (Lipinski definition) is 26. The summed E-state index contributed by atoms with van der Waals surface area (Å²) < 4.78 is 107. The molecule has 0 radical (unpaired) electrons. The minimum absolute atomic E-state index is 0.00260. The molecule has 0 saturated carbocycles. The number of phenols is 1. The lowest BCUT2D eigenvalue weighted by atomic mass is 10.1. The number of phenolic OH excluding ortho intramolecular Hbond substituents is 1. The van der Waals surface area contributed by atoms with Crippen molar-refractivity contribution < 1.29 is 87.2 Å². The Kier molecular flexibility index (Phi) is 16.6. The highest BCUT2D eigenvalue weighted by molar-refractivity contribution is 7.94. The molecule has 304 valence electrons. The van der Waals surface area contributed by atoms with Crippen LogP contribution in [0.2, 0.25) is 0 Å². The van der Waals surface area contributed by atoms with Crippen molar-refractivity contribution in [2.45, 2.75) is 19.6 Å². The van der Waals surface area contributed by atoms with Gasteiger partial charge in [-0.3, -0.25) is 12.9 Å². The Bertz CT molecular complexity index is 2390. The Morgan fingerprint density at radius 2 is 1.21 bits per heavy atom. The third kappa shape index (κ3) is 12.2. The van der Waals surface area contributed by atoms with Crippen LogP contribution in [-0.4, -0.2) is 75.4 Å². The SMILES string of the molecule is Nc1ccc2c(O)c(/N=N/c3ccc(S(=O)(=O)CCOSOOO)cc3S(=O)(=O)O)c(SOOO)cc2c1/N=N/c1ccc(S(=O)(=O)CCOSOOO)cc1. The Morgan fingerprint density at radius 1 is 0.643 bits per heavy atom. The fraction of sp³-hybridized carbons (Fsp3) is 0.154. The number of nitrogens with zero attached hydrogens (tertiary/aromatic N) is 4. The summed E-state index contributed by atoms with van der Waals surface area (Å²) >= 11 is 0.647. The molecule has 30 heteroatoms. The maximum atomic E-state index is 12.7. The van der Waals surface area contributed by atoms with E-state index >= 15 is 0 Å². The monoisotopic (exact) mass is 903 g/mol. The van der Waals surface area contributed by atoms with Gasteiger partial charge >= 0.3 is 0 Å². The van der Waals surface area contributed by atoms with Gasteiger partial charge in [0.25, 0.3) is 10.1 Å². The molecule has 0 spiro atoms. The zero-order valence-corrected chi connectivity index (χ0v) is 32.3. The summed E-state index contributed by atoms with van der Waals surface area (Å²) in [5.74, 6) is -1.74. The van der Waals surface area contributed by atoms with Crippen LogP contribution in [0.25, 0.3) is 10.8 Å². The first kappa shape index (κ1) is 45.1. The summed E-state index contributed by atoms with van der Waals surface area (Å²) in [4.78, 5) is -1.74. The molecule has 0 unspecified atom stereocenters. The quantitative estimate of drug-likeness (QED) is 0.00974. The van der Waals surface area contributed by atoms with Crippen molar-refractivity contribution in [3.8, 4) is 5.75 Å². The molecule has 0 aliphatic heterocycles. The third-order valence-electron chi connectivity index (χ3n) is 6.76. The molecule has 24 nitrogen and oxygen atoms in total. The molecule has 4 aromatic rings. The van der Waals surface area contributed by atoms with E-state index < -0.39 is 74.8 Å². The molecule has 56 heavy (non-hydrogen) atoms. The highest BCUT2D eigenvalue weighted by Gasteiger charge is 2.24. The topological polar surface area (TPSA) is 353 Å². The normalized spacial score (nSPS) is 12.7. The molecule has 4 rings (SSSR count). The van der Waals surface area contributed by atoms with E-state index in [1.54, 1.807) is 0 Å². The van der Waals surface area contributed by atoms with Gasteiger partial charge in [-0.2, -0.15) is 13.5 Å². The molecule has 0 fully saturated rings. The second-order valence-corrected chi connectivity index (χ2v) is 17.5. The number of fused-ring (bicyclic) bond motifs is 1. The largest absolute Gasteiger partial charge is 0.505 e. The number of anilines is 1. The van der Waals surface area contributed by atoms with Crippen LogP contribution in [0.1, 0.15) is 0 Å². The van der Waals surface area contributed by atoms with Crippen molar-refractivity contribution in [2.75, 3.05) is 30.5 Å². The van der Waals surface area contributed by atoms with E-state index in [2.05, 4.69) is 48.6 Å². The number of sulfone groups is 2. The van der Waals surface area contributed by atoms with E-state index in [-0.39, 0.29) is 68.9 Å². The van der Waals surface area contributed by atoms with Crippen LogP contribution in [0.15, 0.2) is 101 Å². The summed E-state index contributed by atoms with van der Waals surface area (Å²) in [6.07, 6.45) is 0. The number of rotatable bonds is 22. The molecule has 0 saturated heterocycles. The van der Waals surface area contributed by atoms with E-state index in [0.717, 1.165) is 12.1 Å². The number of aromatic hydroxyl groups is 1. The summed E-state index contributed by atoms with van der Waals surface area (Å²) in [6, 6.07) is 11.8. The summed E-state index contributed by atoms with van der Waals surface area (Å²) in [6.45, 7) is -0.791. The minimum atomic E-state index is -5.13. The van der Waals surface area contributed by atoms with Crippen LogP contribution < -0.4 is 5.73 Å². The molecule has 0 atom stereocenters. The van der Waals surface area contributed by atoms with Crippen LogP contribution in [0, 0.1) is 0 Å². The lowest BCUT2D eigenvalue weighted by Crippen LogP contribution is -2.12. The maximum Gasteiger partial charge on any atom is 0.296 e. The van der Waals surface area contributed by atoms with Crippen LogP contribution in [0.4, 0.5) is 28.4 Å². The highest BCUT2D eigenvalue weighted by Crippen LogP contribution is 2.48. The number of nitrogen functional groups attached to an aromatic ring is 1. The van der Waals surface area contributed by atoms with E-state index in [1.165, 1.54) is 42.5 Å². The second-order valence-electron chi connectivity index (χ2n) is 10.1. The van der Waals surface area contributed by atoms with Gasteiger partial charge in [-0.1, -0.05) is 15.1 Å². The fourth-order valence-corrected chi connectivity index (χ4v) is 8.36. The molecule has 0 heterocycles. The van der Waals surface area contributed by atoms with Gasteiger partial charge in [0.2, 0.25) is 0 Å². The zero-order valence-electron chi connectivity index (χ0n) is 27.4. The summed E-state index contributed by atoms with van der Waals surface area (Å²) in [7, 11) is -13.1. The van der Waals surface area contributed by atoms with E-state index in [0.29, 0.717) is 18.1 Å². The first-order valence-electron chi connectivity index (χ1n) is 14.4. The molecule has 0 amide bonds. The van der Waals surface area contributed by atoms with Crippen LogP contribution in [-0.2, 0) is 66.3 Å². The van der Waals surface area contributed by atoms with Gasteiger partial charge in [0, 0.05) is 10.8 Å². The van der Waals surface area contributed by atoms with Crippen LogP contribution in [0.3, 0.4) is 0 Å². The van der Waals surface area contributed by atoms with E-state index in [1.807, 2.05) is 0 Å². The van der Waals surface area contributed by atoms with Gasteiger partial charge in [-0.05, 0) is 60.7 Å². The molecular formula is C26H25N5O19S6. The first-order chi connectivity index (χ1) is 26.6. The van der Waals surface area contributed by atoms with Gasteiger partial charge < -0.3 is 10.8 Å². The maximum absolute atomic E-state index is 12.7. The lowest BCUT2D eigenvalue weighted by Gasteiger charge is -2.12. The lowest BCUT2D eigenvalue weighted by molar-refractivity contribution is -0.434. The van der Waals surface area contributed by atoms with Crippen molar-refractivity contribution >= 4 is 106 Å². The Balaban J connectivity index is 1.68. The highest BCUT2D eigenvalue weighted by atomic mass is 32.2. The molecular weight excluding hydrogens is 879 g/mol. The predicted molar refractivity (Wildman–Crippen MR) is 193 cm³/mol. The fourth-order valence-electron chi connectivity index (χ4n) is 4.31. The molecule has 4 aromatic carbocycles. The van der Waals surface area contributed by atoms with Gasteiger partial charge in [-0.15, -0.1) is 28.3 Å². The average Bonchev–Trinajstić information content (AvgIpc) is 3.16. The second kappa shape index (κ2) is 20.7. The summed E-state index contributed by atoms with van der Waals surface area (Å²) in [5.41, 5.74) is 5.45. The number of hydrogen-bond donors (Lipinski definition) is 6. The zero-order chi connectivity index (χ0) is 40.9. The molecule has 0 aliphatic carbocycles. The molecule has 0 bridgehead atoms. The average molecular weight is 904 g/mol. The van der Waals surface area contributed by atoms with E-state index in [9.17, 15) is 34.9 Å². The number of benzene rings is 4. The van der Waals surface area contributed by atoms with Crippen molar-refractivity contribution in [3.05, 3.63) is 60.7 Å². The Morgan fingerprint density at radius 3 is 1.80 bits per heavy atom. The predicted octanol–water partition coefficient (Wildman–Crippen LogP) is 6.18. The molecule has 0 aromatic heterocycles. The number of nitrogens with two attached hydrogens (primary N) is 1. The van der Waals surface area contributed by atoms with Crippen molar-refractivity contribution in [3.63, 3.8) is 0 Å². The smallest absolute Gasteiger partial charge is 0.296 e. The Hall–Kier alpha value is -3.64. The van der Waals surface area contributed by atoms with Gasteiger partial charge in [-0.25, -0.2) is 32.6 Å². The van der Waals surface area contributed by atoms with Gasteiger partial charge in [0.05, 0.1) is 62.8 Å². The first-order valence-corrected chi connectivity index (χ1v) is 21.2. The number of azo groups is 2. The van der Waals surface area contributed by atoms with Crippen molar-refractivity contribution in [1.82, 2.24) is 0 Å². The summed E-state index contributed by atoms with van der Waals surface area (Å²) in [5, 5.41) is 62.7. The van der Waals surface area contributed by atoms with Crippen molar-refractivity contribution in [2.24, 2.45) is 20.5 Å². The van der Waals surface area contributed by atoms with E-state index in [4.69, 9.17) is 29.9 Å². The van der Waals surface area contributed by atoms with Gasteiger partial charge in [0.15, 0.2) is 50.1 Å². The van der Waals surface area contributed by atoms with Gasteiger partial charge in [0.1, 0.15) is 22.0 Å². The molecule has 0 aliphatic rings. The minimum Gasteiger partial charge on any atom is -0.505 e. The van der Waals surface area contributed by atoms with Crippen molar-refractivity contribution in [1.29, 1.82) is 0 Å². The third-order valence-corrected chi connectivity index (χ3v) is 12.4. The molecule has 7 N–H and O–H groups in total.